The van der Waals surface area contributed by atoms with Crippen LogP contribution >= 0.6 is 11.6 Å². The molecule has 0 aromatic heterocycles. The van der Waals surface area contributed by atoms with Crippen molar-refractivity contribution in [2.75, 3.05) is 27.7 Å². The average Bonchev–Trinajstić information content (AvgIpc) is 1.62. The number of hydrogen-bond donors (Lipinski definition) is 1. The molecule has 0 rings (SSSR count). The normalized spacial score (nSPS) is 16.1. The van der Waals surface area contributed by atoms with Crippen LogP contribution < -0.4 is 0 Å². The van der Waals surface area contributed by atoms with Gasteiger partial charge in [0, 0.05) is 0 Å². The van der Waals surface area contributed by atoms with Crippen LogP contribution in [0.4, 0.5) is 0 Å². The highest BCUT2D eigenvalue weighted by Gasteiger charge is 2.18. The quantitative estimate of drug-likeness (QED) is 0.330. The van der Waals surface area contributed by atoms with Gasteiger partial charge in [0.1, 0.15) is 6.61 Å². The van der Waals surface area contributed by atoms with E-state index in [1.165, 1.54) is 0 Å². The van der Waals surface area contributed by atoms with Crippen LogP contribution in [0.5, 0.6) is 0 Å². The van der Waals surface area contributed by atoms with Crippen molar-refractivity contribution >= 4 is 11.6 Å². The molecule has 0 saturated carbocycles. The summed E-state index contributed by atoms with van der Waals surface area (Å²) in [6.45, 7) is 0.0328. The lowest BCUT2D eigenvalue weighted by Gasteiger charge is -2.27. The van der Waals surface area contributed by atoms with E-state index in [0.717, 1.165) is 0 Å². The molecule has 1 atom stereocenters. The summed E-state index contributed by atoms with van der Waals surface area (Å²) in [7, 11) is 5.82. The molecular weight excluding hydrogens is 126 g/mol. The summed E-state index contributed by atoms with van der Waals surface area (Å²) < 4.78 is 0.595. The van der Waals surface area contributed by atoms with Crippen LogP contribution in [0.1, 0.15) is 0 Å². The van der Waals surface area contributed by atoms with E-state index in [9.17, 15) is 0 Å². The van der Waals surface area contributed by atoms with Crippen molar-refractivity contribution in [2.45, 2.75) is 5.50 Å². The average molecular weight is 139 g/mol. The zero-order valence-electron chi connectivity index (χ0n) is 5.56. The van der Waals surface area contributed by atoms with Gasteiger partial charge in [0.05, 0.1) is 21.1 Å². The fourth-order valence-corrected chi connectivity index (χ4v) is 0.245. The number of nitrogens with zero attached hydrogens (tertiary/aromatic N) is 1. The molecule has 0 heterocycles. The summed E-state index contributed by atoms with van der Waals surface area (Å²) >= 11 is 5.66. The molecule has 0 spiro atoms. The monoisotopic (exact) mass is 138 g/mol. The molecule has 0 aliphatic carbocycles. The molecule has 0 radical (unpaired) electrons. The minimum Gasteiger partial charge on any atom is -0.389 e. The highest BCUT2D eigenvalue weighted by atomic mass is 35.5. The molecular formula is C5H13ClNO+. The van der Waals surface area contributed by atoms with Crippen LogP contribution in [0, 0.1) is 0 Å². The summed E-state index contributed by atoms with van der Waals surface area (Å²) in [5.41, 5.74) is -0.185. The molecule has 0 aliphatic heterocycles. The smallest absolute Gasteiger partial charge is 0.187 e. The lowest BCUT2D eigenvalue weighted by molar-refractivity contribution is -0.883. The van der Waals surface area contributed by atoms with Gasteiger partial charge in [0.25, 0.3) is 0 Å². The van der Waals surface area contributed by atoms with Crippen molar-refractivity contribution in [1.82, 2.24) is 0 Å². The van der Waals surface area contributed by atoms with Crippen LogP contribution in [0.15, 0.2) is 0 Å². The summed E-state index contributed by atoms with van der Waals surface area (Å²) in [5.74, 6) is 0. The molecule has 0 aromatic rings. The molecule has 0 saturated heterocycles. The first-order valence-electron chi connectivity index (χ1n) is 2.54. The number of halogens is 1. The fraction of sp³-hybridized carbons (Fsp3) is 1.00. The van der Waals surface area contributed by atoms with Gasteiger partial charge >= 0.3 is 0 Å². The van der Waals surface area contributed by atoms with Crippen molar-refractivity contribution < 1.29 is 9.59 Å². The number of aliphatic hydroxyl groups excluding tert-OH is 1. The fourth-order valence-electron chi connectivity index (χ4n) is 0.245. The van der Waals surface area contributed by atoms with Crippen molar-refractivity contribution in [3.63, 3.8) is 0 Å². The van der Waals surface area contributed by atoms with Crippen LogP contribution in [0.3, 0.4) is 0 Å². The molecule has 8 heavy (non-hydrogen) atoms. The van der Waals surface area contributed by atoms with E-state index in [1.54, 1.807) is 0 Å². The molecule has 3 heteroatoms. The summed E-state index contributed by atoms with van der Waals surface area (Å²) in [6.07, 6.45) is 0. The number of quaternary nitrogens is 1. The lowest BCUT2D eigenvalue weighted by Crippen LogP contribution is -2.43. The predicted octanol–water partition coefficient (Wildman–Crippen LogP) is 0.250. The third-order valence-electron chi connectivity index (χ3n) is 0.991. The minimum atomic E-state index is -0.185. The van der Waals surface area contributed by atoms with Crippen molar-refractivity contribution in [2.24, 2.45) is 0 Å². The Morgan fingerprint density at radius 2 is 1.88 bits per heavy atom. The Balaban J connectivity index is 3.62. The molecule has 1 unspecified atom stereocenters. The molecule has 1 N–H and O–H groups in total. The van der Waals surface area contributed by atoms with Crippen LogP contribution in [0.2, 0.25) is 0 Å². The first-order valence-corrected chi connectivity index (χ1v) is 2.98. The largest absolute Gasteiger partial charge is 0.389 e. The van der Waals surface area contributed by atoms with Gasteiger partial charge in [-0.1, -0.05) is 11.6 Å². The van der Waals surface area contributed by atoms with Gasteiger partial charge in [0.2, 0.25) is 0 Å². The topological polar surface area (TPSA) is 20.2 Å². The van der Waals surface area contributed by atoms with E-state index in [0.29, 0.717) is 4.48 Å². The van der Waals surface area contributed by atoms with Crippen LogP contribution in [-0.4, -0.2) is 42.8 Å². The van der Waals surface area contributed by atoms with Crippen LogP contribution in [-0.2, 0) is 0 Å². The van der Waals surface area contributed by atoms with E-state index in [2.05, 4.69) is 0 Å². The molecule has 2 nitrogen and oxygen atoms in total. The predicted molar refractivity (Wildman–Crippen MR) is 34.8 cm³/mol. The second-order valence-electron chi connectivity index (χ2n) is 2.73. The second kappa shape index (κ2) is 2.67. The van der Waals surface area contributed by atoms with Gasteiger partial charge in [-0.2, -0.15) is 0 Å². The maximum Gasteiger partial charge on any atom is 0.187 e. The van der Waals surface area contributed by atoms with Crippen LogP contribution in [0.25, 0.3) is 0 Å². The molecule has 0 fully saturated rings. The Bertz CT molecular complexity index is 69.3. The number of aliphatic hydroxyl groups is 1. The summed E-state index contributed by atoms with van der Waals surface area (Å²) in [6, 6.07) is 0. The van der Waals surface area contributed by atoms with Crippen molar-refractivity contribution in [3.05, 3.63) is 0 Å². The Morgan fingerprint density at radius 3 is 1.88 bits per heavy atom. The molecule has 50 valence electrons. The van der Waals surface area contributed by atoms with Crippen molar-refractivity contribution in [1.29, 1.82) is 0 Å². The number of hydrogen-bond acceptors (Lipinski definition) is 1. The Labute approximate surface area is 55.3 Å². The zero-order valence-corrected chi connectivity index (χ0v) is 6.31. The number of likely N-dealkylation sites (N-methyl/N-ethyl adjacent to an activating group) is 1. The number of rotatable bonds is 2. The van der Waals surface area contributed by atoms with Crippen molar-refractivity contribution in [3.8, 4) is 0 Å². The maximum absolute atomic E-state index is 8.52. The van der Waals surface area contributed by atoms with Gasteiger partial charge in [0.15, 0.2) is 5.50 Å². The molecule has 0 bridgehead atoms. The van der Waals surface area contributed by atoms with Gasteiger partial charge < -0.3 is 9.59 Å². The Morgan fingerprint density at radius 1 is 1.50 bits per heavy atom. The SMILES string of the molecule is C[N+](C)(C)C(Cl)CO. The standard InChI is InChI=1S/C5H13ClNO/c1-7(2,3)5(6)4-8/h5,8H,4H2,1-3H3/q+1. The third kappa shape index (κ3) is 2.50. The van der Waals surface area contributed by atoms with Gasteiger partial charge in [-0.05, 0) is 0 Å². The third-order valence-corrected chi connectivity index (χ3v) is 1.71. The highest BCUT2D eigenvalue weighted by Crippen LogP contribution is 2.05. The second-order valence-corrected chi connectivity index (χ2v) is 3.24. The Hall–Kier alpha value is 0.210. The van der Waals surface area contributed by atoms with E-state index in [4.69, 9.17) is 16.7 Å². The van der Waals surface area contributed by atoms with E-state index < -0.39 is 0 Å². The molecule has 0 amide bonds. The van der Waals surface area contributed by atoms with E-state index in [1.807, 2.05) is 21.1 Å². The number of alkyl halides is 1. The lowest BCUT2D eigenvalue weighted by atomic mass is 10.5. The summed E-state index contributed by atoms with van der Waals surface area (Å²) in [4.78, 5) is 0. The van der Waals surface area contributed by atoms with Gasteiger partial charge in [-0.3, -0.25) is 0 Å². The first-order chi connectivity index (χ1) is 3.48. The zero-order chi connectivity index (χ0) is 6.78. The first kappa shape index (κ1) is 8.21. The maximum atomic E-state index is 8.52. The van der Waals surface area contributed by atoms with Gasteiger partial charge in [-0.25, -0.2) is 0 Å². The van der Waals surface area contributed by atoms with E-state index >= 15 is 0 Å². The van der Waals surface area contributed by atoms with Gasteiger partial charge in [-0.15, -0.1) is 0 Å². The minimum absolute atomic E-state index is 0.0328. The Kier molecular flexibility index (Phi) is 2.74. The summed E-state index contributed by atoms with van der Waals surface area (Å²) in [5, 5.41) is 8.52. The molecule has 0 aromatic carbocycles. The highest BCUT2D eigenvalue weighted by molar-refractivity contribution is 6.19. The van der Waals surface area contributed by atoms with E-state index in [-0.39, 0.29) is 12.1 Å². The molecule has 0 aliphatic rings.